The molecule has 2 unspecified atom stereocenters. The van der Waals surface area contributed by atoms with Gasteiger partial charge in [-0.25, -0.2) is 0 Å². The molecule has 1 heterocycles. The van der Waals surface area contributed by atoms with Crippen molar-refractivity contribution in [2.24, 2.45) is 23.2 Å². The zero-order chi connectivity index (χ0) is 12.6. The summed E-state index contributed by atoms with van der Waals surface area (Å²) in [5.41, 5.74) is -0.207. The predicted molar refractivity (Wildman–Crippen MR) is 70.6 cm³/mol. The van der Waals surface area contributed by atoms with E-state index in [0.717, 1.165) is 30.8 Å². The number of amides is 1. The Morgan fingerprint density at radius 3 is 2.12 bits per heavy atom. The number of carbonyl (C=O) groups is 1. The van der Waals surface area contributed by atoms with E-state index in [1.165, 1.54) is 25.7 Å². The number of nitrogens with zero attached hydrogens (tertiary/aromatic N) is 1. The fourth-order valence-electron chi connectivity index (χ4n) is 3.71. The molecule has 2 atom stereocenters. The van der Waals surface area contributed by atoms with Crippen LogP contribution in [0.3, 0.4) is 0 Å². The molecule has 0 aromatic carbocycles. The minimum atomic E-state index is -0.207. The molecular formula is C15H27NO. The normalized spacial score (nSPS) is 32.9. The van der Waals surface area contributed by atoms with Gasteiger partial charge in [-0.3, -0.25) is 4.79 Å². The Labute approximate surface area is 106 Å². The van der Waals surface area contributed by atoms with Crippen molar-refractivity contribution in [2.75, 3.05) is 13.1 Å². The van der Waals surface area contributed by atoms with Gasteiger partial charge in [0.1, 0.15) is 0 Å². The Balaban J connectivity index is 1.90. The minimum absolute atomic E-state index is 0.207. The number of rotatable bonds is 2. The van der Waals surface area contributed by atoms with E-state index in [2.05, 4.69) is 11.8 Å². The monoisotopic (exact) mass is 237 g/mol. The summed E-state index contributed by atoms with van der Waals surface area (Å²) >= 11 is 0. The lowest BCUT2D eigenvalue weighted by molar-refractivity contribution is -0.138. The Kier molecular flexibility index (Phi) is 3.51. The highest BCUT2D eigenvalue weighted by molar-refractivity contribution is 5.81. The Bertz CT molecular complexity index is 278. The molecule has 0 bridgehead atoms. The van der Waals surface area contributed by atoms with E-state index in [0.29, 0.717) is 5.91 Å². The van der Waals surface area contributed by atoms with Crippen LogP contribution in [0.25, 0.3) is 0 Å². The van der Waals surface area contributed by atoms with Gasteiger partial charge in [-0.05, 0) is 30.6 Å². The molecule has 17 heavy (non-hydrogen) atoms. The van der Waals surface area contributed by atoms with Crippen molar-refractivity contribution in [2.45, 2.75) is 53.4 Å². The van der Waals surface area contributed by atoms with Crippen molar-refractivity contribution in [3.05, 3.63) is 0 Å². The average molecular weight is 237 g/mol. The Hall–Kier alpha value is -0.530. The van der Waals surface area contributed by atoms with Crippen LogP contribution in [0.1, 0.15) is 53.4 Å². The maximum Gasteiger partial charge on any atom is 0.227 e. The van der Waals surface area contributed by atoms with E-state index in [9.17, 15) is 4.79 Å². The first kappa shape index (κ1) is 12.9. The van der Waals surface area contributed by atoms with Crippen molar-refractivity contribution in [1.82, 2.24) is 4.90 Å². The lowest BCUT2D eigenvalue weighted by Crippen LogP contribution is -2.38. The van der Waals surface area contributed by atoms with Gasteiger partial charge >= 0.3 is 0 Å². The molecule has 1 amide bonds. The Morgan fingerprint density at radius 2 is 1.71 bits per heavy atom. The third-order valence-electron chi connectivity index (χ3n) is 4.47. The van der Waals surface area contributed by atoms with Crippen LogP contribution in [0.4, 0.5) is 0 Å². The van der Waals surface area contributed by atoms with E-state index in [4.69, 9.17) is 0 Å². The first-order chi connectivity index (χ1) is 7.91. The maximum absolute atomic E-state index is 12.2. The number of fused-ring (bicyclic) bond motifs is 1. The second kappa shape index (κ2) is 4.62. The third kappa shape index (κ3) is 2.66. The number of hydrogen-bond donors (Lipinski definition) is 0. The van der Waals surface area contributed by atoms with Gasteiger partial charge in [0.2, 0.25) is 5.91 Å². The smallest absolute Gasteiger partial charge is 0.227 e. The third-order valence-corrected chi connectivity index (χ3v) is 4.47. The van der Waals surface area contributed by atoms with Crippen LogP contribution >= 0.6 is 0 Å². The largest absolute Gasteiger partial charge is 0.342 e. The summed E-state index contributed by atoms with van der Waals surface area (Å²) in [6.45, 7) is 10.4. The summed E-state index contributed by atoms with van der Waals surface area (Å²) in [4.78, 5) is 14.4. The molecule has 0 N–H and O–H groups in total. The van der Waals surface area contributed by atoms with E-state index in [1.54, 1.807) is 0 Å². The fourth-order valence-corrected chi connectivity index (χ4v) is 3.71. The van der Waals surface area contributed by atoms with Crippen LogP contribution in [0.5, 0.6) is 0 Å². The zero-order valence-corrected chi connectivity index (χ0v) is 11.8. The maximum atomic E-state index is 12.2. The molecule has 2 rings (SSSR count). The summed E-state index contributed by atoms with van der Waals surface area (Å²) in [7, 11) is 0. The molecule has 1 saturated carbocycles. The zero-order valence-electron chi connectivity index (χ0n) is 11.8. The van der Waals surface area contributed by atoms with Gasteiger partial charge in [0.25, 0.3) is 0 Å². The summed E-state index contributed by atoms with van der Waals surface area (Å²) in [5, 5.41) is 0. The molecule has 2 nitrogen and oxygen atoms in total. The fraction of sp³-hybridized carbons (Fsp3) is 0.933. The molecule has 1 aliphatic carbocycles. The van der Waals surface area contributed by atoms with Gasteiger partial charge in [-0.2, -0.15) is 0 Å². The minimum Gasteiger partial charge on any atom is -0.342 e. The van der Waals surface area contributed by atoms with E-state index in [1.807, 2.05) is 20.8 Å². The molecule has 0 aromatic heterocycles. The molecular weight excluding hydrogens is 210 g/mol. The molecule has 0 spiro atoms. The summed E-state index contributed by atoms with van der Waals surface area (Å²) in [6.07, 6.45) is 5.44. The van der Waals surface area contributed by atoms with Crippen LogP contribution in [-0.2, 0) is 4.79 Å². The molecule has 0 aromatic rings. The highest BCUT2D eigenvalue weighted by atomic mass is 16.2. The van der Waals surface area contributed by atoms with Crippen LogP contribution in [0, 0.1) is 23.2 Å². The van der Waals surface area contributed by atoms with Crippen molar-refractivity contribution < 1.29 is 4.79 Å². The highest BCUT2D eigenvalue weighted by Gasteiger charge is 2.43. The van der Waals surface area contributed by atoms with Crippen LogP contribution in [0.15, 0.2) is 0 Å². The van der Waals surface area contributed by atoms with Gasteiger partial charge in [0.15, 0.2) is 0 Å². The van der Waals surface area contributed by atoms with Crippen LogP contribution in [0.2, 0.25) is 0 Å². The molecule has 0 radical (unpaired) electrons. The van der Waals surface area contributed by atoms with E-state index in [-0.39, 0.29) is 5.41 Å². The van der Waals surface area contributed by atoms with Gasteiger partial charge in [0.05, 0.1) is 0 Å². The first-order valence-electron chi connectivity index (χ1n) is 7.21. The number of hydrogen-bond acceptors (Lipinski definition) is 1. The topological polar surface area (TPSA) is 20.3 Å². The van der Waals surface area contributed by atoms with Gasteiger partial charge < -0.3 is 4.90 Å². The van der Waals surface area contributed by atoms with Crippen LogP contribution in [-0.4, -0.2) is 23.9 Å². The van der Waals surface area contributed by atoms with Gasteiger partial charge in [-0.1, -0.05) is 40.5 Å². The lowest BCUT2D eigenvalue weighted by atomic mass is 9.94. The van der Waals surface area contributed by atoms with E-state index < -0.39 is 0 Å². The summed E-state index contributed by atoms with van der Waals surface area (Å²) in [5.74, 6) is 2.90. The van der Waals surface area contributed by atoms with Gasteiger partial charge in [-0.15, -0.1) is 0 Å². The van der Waals surface area contributed by atoms with Crippen molar-refractivity contribution in [3.8, 4) is 0 Å². The predicted octanol–water partition coefficient (Wildman–Crippen LogP) is 3.32. The number of likely N-dealkylation sites (tertiary alicyclic amines) is 1. The van der Waals surface area contributed by atoms with Crippen molar-refractivity contribution in [1.29, 1.82) is 0 Å². The van der Waals surface area contributed by atoms with E-state index >= 15 is 0 Å². The average Bonchev–Trinajstić information content (AvgIpc) is 2.72. The molecule has 2 fully saturated rings. The first-order valence-corrected chi connectivity index (χ1v) is 7.21. The summed E-state index contributed by atoms with van der Waals surface area (Å²) < 4.78 is 0. The Morgan fingerprint density at radius 1 is 1.18 bits per heavy atom. The lowest BCUT2D eigenvalue weighted by Gasteiger charge is -2.26. The van der Waals surface area contributed by atoms with Crippen molar-refractivity contribution >= 4 is 5.91 Å². The summed E-state index contributed by atoms with van der Waals surface area (Å²) in [6, 6.07) is 0. The molecule has 2 heteroatoms. The second-order valence-corrected chi connectivity index (χ2v) is 7.11. The van der Waals surface area contributed by atoms with Crippen LogP contribution < -0.4 is 0 Å². The molecule has 1 saturated heterocycles. The number of carbonyl (C=O) groups excluding carboxylic acids is 1. The SMILES string of the molecule is CCCC1CC2CN(C(=O)C(C)(C)C)CC2C1. The molecule has 98 valence electrons. The van der Waals surface area contributed by atoms with Gasteiger partial charge in [0, 0.05) is 18.5 Å². The highest BCUT2D eigenvalue weighted by Crippen LogP contribution is 2.43. The van der Waals surface area contributed by atoms with Crippen molar-refractivity contribution in [3.63, 3.8) is 0 Å². The second-order valence-electron chi connectivity index (χ2n) is 7.11. The molecule has 2 aliphatic rings. The quantitative estimate of drug-likeness (QED) is 0.721. The molecule has 1 aliphatic heterocycles. The standard InChI is InChI=1S/C15H27NO/c1-5-6-11-7-12-9-16(10-13(12)8-11)14(17)15(2,3)4/h11-13H,5-10H2,1-4H3.